The van der Waals surface area contributed by atoms with Crippen LogP contribution < -0.4 is 11.1 Å². The van der Waals surface area contributed by atoms with Crippen LogP contribution in [-0.4, -0.2) is 70.4 Å². The maximum atomic E-state index is 12.9. The number of hydrogen-bond acceptors (Lipinski definition) is 7. The summed E-state index contributed by atoms with van der Waals surface area (Å²) < 4.78 is 38.2. The van der Waals surface area contributed by atoms with Gasteiger partial charge in [0.05, 0.1) is 23.5 Å². The summed E-state index contributed by atoms with van der Waals surface area (Å²) >= 11 is 0. The van der Waals surface area contributed by atoms with Crippen LogP contribution in [0.2, 0.25) is 0 Å². The number of hydroxylamine groups is 2. The lowest BCUT2D eigenvalue weighted by atomic mass is 9.86. The molecule has 0 aliphatic heterocycles. The highest BCUT2D eigenvalue weighted by Gasteiger charge is 2.37. The predicted molar refractivity (Wildman–Crippen MR) is 107 cm³/mol. The Kier molecular flexibility index (Phi) is 12.9. The van der Waals surface area contributed by atoms with Crippen molar-refractivity contribution in [3.8, 4) is 0 Å². The van der Waals surface area contributed by atoms with E-state index < -0.39 is 53.9 Å². The van der Waals surface area contributed by atoms with Crippen LogP contribution in [0.15, 0.2) is 10.4 Å². The molecule has 0 fully saturated rings. The lowest BCUT2D eigenvalue weighted by molar-refractivity contribution is -0.496. The average molecular weight is 485 g/mol. The van der Waals surface area contributed by atoms with E-state index in [1.807, 2.05) is 0 Å². The molecule has 16 heteroatoms. The summed E-state index contributed by atoms with van der Waals surface area (Å²) in [6, 6.07) is -2.69. The summed E-state index contributed by atoms with van der Waals surface area (Å²) in [5.74, 6) is -3.20. The molecule has 0 heterocycles. The predicted octanol–water partition coefficient (Wildman–Crippen LogP) is 1.45. The summed E-state index contributed by atoms with van der Waals surface area (Å²) in [5.41, 5.74) is 5.32. The van der Waals surface area contributed by atoms with Crippen molar-refractivity contribution >= 4 is 18.2 Å². The fraction of sp³-hybridized carbons (Fsp3) is 0.824. The van der Waals surface area contributed by atoms with Crippen molar-refractivity contribution in [2.45, 2.75) is 64.2 Å². The van der Waals surface area contributed by atoms with E-state index in [9.17, 15) is 42.9 Å². The van der Waals surface area contributed by atoms with Crippen molar-refractivity contribution in [1.29, 1.82) is 0 Å². The molecule has 0 aromatic heterocycles. The molecule has 33 heavy (non-hydrogen) atoms. The van der Waals surface area contributed by atoms with Crippen LogP contribution in [0.4, 0.5) is 13.2 Å². The minimum Gasteiger partial charge on any atom is -0.368 e. The van der Waals surface area contributed by atoms with E-state index in [2.05, 4.69) is 15.8 Å². The zero-order chi connectivity index (χ0) is 25.8. The van der Waals surface area contributed by atoms with E-state index >= 15 is 0 Å². The van der Waals surface area contributed by atoms with Gasteiger partial charge < -0.3 is 21.2 Å². The fourth-order valence-corrected chi connectivity index (χ4v) is 3.09. The molecule has 0 rings (SSSR count). The topological polar surface area (TPSA) is 184 Å². The zero-order valence-corrected chi connectivity index (χ0v) is 18.6. The van der Waals surface area contributed by atoms with Crippen LogP contribution in [0.1, 0.15) is 46.0 Å². The molecule has 0 aromatic carbocycles. The molecule has 0 saturated heterocycles. The molecule has 4 N–H and O–H groups in total. The first kappa shape index (κ1) is 30.0. The number of alkyl halides is 3. The number of primary amides is 1. The van der Waals surface area contributed by atoms with Gasteiger partial charge in [-0.1, -0.05) is 13.8 Å². The molecular weight excluding hydrogens is 455 g/mol. The van der Waals surface area contributed by atoms with Gasteiger partial charge >= 0.3 is 6.18 Å². The molecule has 13 nitrogen and oxygen atoms in total. The molecule has 3 amide bonds. The van der Waals surface area contributed by atoms with Gasteiger partial charge in [-0.25, -0.2) is 5.06 Å². The molecule has 0 radical (unpaired) electrons. The van der Waals surface area contributed by atoms with Crippen molar-refractivity contribution in [2.24, 2.45) is 28.0 Å². The van der Waals surface area contributed by atoms with Crippen LogP contribution in [0.25, 0.3) is 0 Å². The summed E-state index contributed by atoms with van der Waals surface area (Å²) in [6.45, 7) is 3.52. The lowest BCUT2D eigenvalue weighted by Gasteiger charge is -2.32. The molecule has 0 saturated carbocycles. The van der Waals surface area contributed by atoms with Gasteiger partial charge in [-0.05, 0) is 31.6 Å². The van der Waals surface area contributed by atoms with Crippen molar-refractivity contribution < 1.29 is 37.8 Å². The third-order valence-electron chi connectivity index (χ3n) is 4.60. The van der Waals surface area contributed by atoms with Gasteiger partial charge in [0.15, 0.2) is 5.22 Å². The molecular formula is C17H30F3N7O6. The second-order valence-electron chi connectivity index (χ2n) is 7.85. The van der Waals surface area contributed by atoms with E-state index in [1.54, 1.807) is 13.8 Å². The molecule has 0 unspecified atom stereocenters. The Labute approximate surface area is 188 Å². The number of hydrogen-bond donors (Lipinski definition) is 3. The maximum absolute atomic E-state index is 12.9. The Morgan fingerprint density at radius 1 is 1.30 bits per heavy atom. The van der Waals surface area contributed by atoms with Crippen molar-refractivity contribution in [2.75, 3.05) is 13.6 Å². The Morgan fingerprint density at radius 3 is 2.36 bits per heavy atom. The number of rotatable bonds is 16. The lowest BCUT2D eigenvalue weighted by Crippen LogP contribution is -2.51. The van der Waals surface area contributed by atoms with Gasteiger partial charge in [0.25, 0.3) is 0 Å². The quantitative estimate of drug-likeness (QED) is 0.0971. The minimum absolute atomic E-state index is 0.00245. The zero-order valence-electron chi connectivity index (χ0n) is 18.6. The standard InChI is InChI=1S/C17H30F3N7O6/c1-11(2)9-12(14(26(31)10-28)6-7-17(18,19)20)16(30)22-13(15(21)29)5-4-8-25(3)23-24-27(32)33/h10-14,31H,4-9H2,1-3H3,(H2,21,29)(H,22,30)/t12-,13+,14+/m1/s1. The number of amides is 3. The SMILES string of the molecule is CC(C)C[C@@H](C(=O)N[C@@H](CCCN(C)N=N[N+](=O)[O-])C(N)=O)[C@H](CCC(F)(F)F)N(O)C=O. The summed E-state index contributed by atoms with van der Waals surface area (Å²) in [6.07, 6.45) is -6.50. The van der Waals surface area contributed by atoms with Crippen molar-refractivity contribution in [3.63, 3.8) is 0 Å². The number of nitrogens with zero attached hydrogens (tertiary/aromatic N) is 5. The van der Waals surface area contributed by atoms with Gasteiger partial charge in [-0.2, -0.15) is 18.2 Å². The monoisotopic (exact) mass is 485 g/mol. The average Bonchev–Trinajstić information content (AvgIpc) is 2.68. The first-order valence-corrected chi connectivity index (χ1v) is 10.0. The second kappa shape index (κ2) is 14.2. The third kappa shape index (κ3) is 13.2. The van der Waals surface area contributed by atoms with Crippen LogP contribution in [0, 0.1) is 22.0 Å². The number of nitro groups is 1. The highest BCUT2D eigenvalue weighted by atomic mass is 19.4. The molecule has 190 valence electrons. The van der Waals surface area contributed by atoms with Crippen molar-refractivity contribution in [1.82, 2.24) is 15.4 Å². The smallest absolute Gasteiger partial charge is 0.368 e. The number of nitrogens with one attached hydrogen (secondary N) is 1. The van der Waals surface area contributed by atoms with Crippen LogP contribution in [0.5, 0.6) is 0 Å². The minimum atomic E-state index is -4.57. The molecule has 0 bridgehead atoms. The van der Waals surface area contributed by atoms with E-state index in [0.717, 1.165) is 5.01 Å². The molecule has 3 atom stereocenters. The number of carbonyl (C=O) groups is 3. The third-order valence-corrected chi connectivity index (χ3v) is 4.60. The molecule has 0 aliphatic carbocycles. The maximum Gasteiger partial charge on any atom is 0.389 e. The van der Waals surface area contributed by atoms with E-state index in [-0.39, 0.29) is 43.2 Å². The highest BCUT2D eigenvalue weighted by Crippen LogP contribution is 2.28. The first-order chi connectivity index (χ1) is 15.2. The van der Waals surface area contributed by atoms with Crippen LogP contribution in [-0.2, 0) is 14.4 Å². The van der Waals surface area contributed by atoms with Crippen LogP contribution in [0.3, 0.4) is 0 Å². The molecule has 0 aliphatic rings. The second-order valence-corrected chi connectivity index (χ2v) is 7.85. The summed E-state index contributed by atoms with van der Waals surface area (Å²) in [5, 5.41) is 28.5. The Balaban J connectivity index is 5.39. The normalized spacial score (nSPS) is 14.5. The highest BCUT2D eigenvalue weighted by molar-refractivity contribution is 5.88. The van der Waals surface area contributed by atoms with Gasteiger partial charge in [-0.15, -0.1) is 0 Å². The van der Waals surface area contributed by atoms with Gasteiger partial charge in [0.1, 0.15) is 6.04 Å². The largest absolute Gasteiger partial charge is 0.389 e. The van der Waals surface area contributed by atoms with Gasteiger partial charge in [0, 0.05) is 13.5 Å². The van der Waals surface area contributed by atoms with Crippen molar-refractivity contribution in [3.05, 3.63) is 10.1 Å². The van der Waals surface area contributed by atoms with Crippen LogP contribution >= 0.6 is 0 Å². The number of carbonyl (C=O) groups excluding carboxylic acids is 3. The fourth-order valence-electron chi connectivity index (χ4n) is 3.09. The van der Waals surface area contributed by atoms with E-state index in [4.69, 9.17) is 5.73 Å². The Morgan fingerprint density at radius 2 is 1.91 bits per heavy atom. The number of nitrogens with two attached hydrogens (primary N) is 1. The summed E-state index contributed by atoms with van der Waals surface area (Å²) in [7, 11) is 1.39. The Bertz CT molecular complexity index is 693. The van der Waals surface area contributed by atoms with E-state index in [1.165, 1.54) is 7.05 Å². The van der Waals surface area contributed by atoms with Gasteiger partial charge in [-0.3, -0.25) is 19.6 Å². The first-order valence-electron chi connectivity index (χ1n) is 10.0. The van der Waals surface area contributed by atoms with E-state index in [0.29, 0.717) is 0 Å². The number of halogens is 3. The molecule has 0 spiro atoms. The van der Waals surface area contributed by atoms with Gasteiger partial charge in [0.2, 0.25) is 23.4 Å². The summed E-state index contributed by atoms with van der Waals surface area (Å²) in [4.78, 5) is 45.9. The molecule has 0 aromatic rings. The Hall–Kier alpha value is -3.04.